The molecule has 1 aliphatic heterocycles. The lowest BCUT2D eigenvalue weighted by molar-refractivity contribution is 0.0471. The molecule has 0 radical (unpaired) electrons. The molecule has 1 aliphatic rings. The van der Waals surface area contributed by atoms with E-state index in [1.807, 2.05) is 24.3 Å². The van der Waals surface area contributed by atoms with Crippen LogP contribution in [0.25, 0.3) is 10.8 Å². The van der Waals surface area contributed by atoms with Gasteiger partial charge in [-0.2, -0.15) is 0 Å². The minimum absolute atomic E-state index is 0.0214. The first-order chi connectivity index (χ1) is 9.66. The van der Waals surface area contributed by atoms with Crippen molar-refractivity contribution in [3.63, 3.8) is 0 Å². The Bertz CT molecular complexity index is 653. The summed E-state index contributed by atoms with van der Waals surface area (Å²) in [4.78, 5) is 14.1. The van der Waals surface area contributed by atoms with Crippen molar-refractivity contribution in [3.05, 3.63) is 42.0 Å². The van der Waals surface area contributed by atoms with E-state index in [2.05, 4.69) is 0 Å². The molecule has 1 fully saturated rings. The second kappa shape index (κ2) is 5.13. The summed E-state index contributed by atoms with van der Waals surface area (Å²) in [5.41, 5.74) is 0.304. The molecule has 0 bridgehead atoms. The van der Waals surface area contributed by atoms with Crippen LogP contribution in [0.4, 0.5) is 0 Å². The first-order valence-electron chi connectivity index (χ1n) is 6.85. The average Bonchev–Trinajstić information content (AvgIpc) is 2.47. The number of benzene rings is 2. The standard InChI is InChI=1S/C16H17NO3/c18-12-5-3-9-17(10-12)16(20)14-8-7-11-4-1-2-6-13(11)15(14)19/h1-2,4,6-8,12,18-19H,3,5,9-10H2. The number of rotatable bonds is 1. The number of aromatic hydroxyl groups is 1. The van der Waals surface area contributed by atoms with Crippen LogP contribution in [-0.2, 0) is 0 Å². The molecule has 4 nitrogen and oxygen atoms in total. The molecule has 0 aliphatic carbocycles. The molecule has 4 heteroatoms. The molecule has 1 heterocycles. The van der Waals surface area contributed by atoms with E-state index < -0.39 is 6.10 Å². The van der Waals surface area contributed by atoms with Gasteiger partial charge in [-0.1, -0.05) is 30.3 Å². The molecule has 2 aromatic carbocycles. The van der Waals surface area contributed by atoms with Crippen molar-refractivity contribution in [2.75, 3.05) is 13.1 Å². The lowest BCUT2D eigenvalue weighted by Crippen LogP contribution is -2.42. The second-order valence-electron chi connectivity index (χ2n) is 5.23. The normalized spacial score (nSPS) is 19.2. The highest BCUT2D eigenvalue weighted by atomic mass is 16.3. The number of likely N-dealkylation sites (tertiary alicyclic amines) is 1. The van der Waals surface area contributed by atoms with Crippen LogP contribution in [0.3, 0.4) is 0 Å². The Kier molecular flexibility index (Phi) is 3.32. The zero-order chi connectivity index (χ0) is 14.1. The van der Waals surface area contributed by atoms with E-state index in [-0.39, 0.29) is 11.7 Å². The zero-order valence-electron chi connectivity index (χ0n) is 11.1. The van der Waals surface area contributed by atoms with Crippen LogP contribution in [-0.4, -0.2) is 40.2 Å². The number of carbonyl (C=O) groups is 1. The minimum Gasteiger partial charge on any atom is -0.506 e. The number of amides is 1. The number of carbonyl (C=O) groups excluding carboxylic acids is 1. The fourth-order valence-electron chi connectivity index (χ4n) is 2.74. The SMILES string of the molecule is O=C(c1ccc2ccccc2c1O)N1CCCC(O)C1. The Morgan fingerprint density at radius 3 is 2.80 bits per heavy atom. The largest absolute Gasteiger partial charge is 0.506 e. The smallest absolute Gasteiger partial charge is 0.257 e. The molecule has 104 valence electrons. The van der Waals surface area contributed by atoms with Crippen LogP contribution in [0.2, 0.25) is 0 Å². The van der Waals surface area contributed by atoms with Gasteiger partial charge in [0.15, 0.2) is 0 Å². The predicted octanol–water partition coefficient (Wildman–Crippen LogP) is 2.14. The topological polar surface area (TPSA) is 60.8 Å². The van der Waals surface area contributed by atoms with E-state index in [4.69, 9.17) is 0 Å². The van der Waals surface area contributed by atoms with Crippen LogP contribution >= 0.6 is 0 Å². The molecule has 3 rings (SSSR count). The van der Waals surface area contributed by atoms with Gasteiger partial charge >= 0.3 is 0 Å². The first-order valence-corrected chi connectivity index (χ1v) is 6.85. The summed E-state index contributed by atoms with van der Waals surface area (Å²) in [6.45, 7) is 0.966. The number of fused-ring (bicyclic) bond motifs is 1. The van der Waals surface area contributed by atoms with Gasteiger partial charge in [-0.15, -0.1) is 0 Å². The van der Waals surface area contributed by atoms with Crippen LogP contribution in [0.15, 0.2) is 36.4 Å². The predicted molar refractivity (Wildman–Crippen MR) is 76.8 cm³/mol. The van der Waals surface area contributed by atoms with Crippen molar-refractivity contribution in [2.24, 2.45) is 0 Å². The maximum atomic E-state index is 12.5. The van der Waals surface area contributed by atoms with Crippen molar-refractivity contribution in [1.82, 2.24) is 4.90 Å². The van der Waals surface area contributed by atoms with E-state index in [0.29, 0.717) is 24.0 Å². The molecule has 1 saturated heterocycles. The summed E-state index contributed by atoms with van der Waals surface area (Å²) in [7, 11) is 0. The second-order valence-corrected chi connectivity index (χ2v) is 5.23. The molecule has 2 aromatic rings. The number of phenols is 1. The monoisotopic (exact) mass is 271 g/mol. The Labute approximate surface area is 117 Å². The van der Waals surface area contributed by atoms with Crippen molar-refractivity contribution >= 4 is 16.7 Å². The number of nitrogens with zero attached hydrogens (tertiary/aromatic N) is 1. The van der Waals surface area contributed by atoms with Crippen molar-refractivity contribution in [3.8, 4) is 5.75 Å². The van der Waals surface area contributed by atoms with Gasteiger partial charge in [0.05, 0.1) is 11.7 Å². The van der Waals surface area contributed by atoms with Crippen LogP contribution in [0.5, 0.6) is 5.75 Å². The summed E-state index contributed by atoms with van der Waals surface area (Å²) in [6.07, 6.45) is 1.06. The summed E-state index contributed by atoms with van der Waals surface area (Å²) in [6, 6.07) is 10.9. The van der Waals surface area contributed by atoms with Crippen LogP contribution < -0.4 is 0 Å². The molecule has 0 spiro atoms. The first kappa shape index (κ1) is 12.9. The quantitative estimate of drug-likeness (QED) is 0.835. The van der Waals surface area contributed by atoms with Crippen molar-refractivity contribution in [2.45, 2.75) is 18.9 Å². The Hall–Kier alpha value is -2.07. The number of piperidine rings is 1. The fraction of sp³-hybridized carbons (Fsp3) is 0.312. The van der Waals surface area contributed by atoms with E-state index in [0.717, 1.165) is 18.2 Å². The minimum atomic E-state index is -0.463. The molecular weight excluding hydrogens is 254 g/mol. The third kappa shape index (κ3) is 2.23. The Morgan fingerprint density at radius 2 is 2.00 bits per heavy atom. The number of β-amino-alcohol motifs (C(OH)–C–C–N with tert-alkyl or cyclic N) is 1. The maximum Gasteiger partial charge on any atom is 0.257 e. The number of aliphatic hydroxyl groups excluding tert-OH is 1. The van der Waals surface area contributed by atoms with Gasteiger partial charge in [-0.05, 0) is 24.3 Å². The van der Waals surface area contributed by atoms with E-state index in [1.165, 1.54) is 0 Å². The van der Waals surface area contributed by atoms with Gasteiger partial charge in [-0.3, -0.25) is 4.79 Å². The molecule has 1 unspecified atom stereocenters. The third-order valence-electron chi connectivity index (χ3n) is 3.81. The van der Waals surface area contributed by atoms with E-state index >= 15 is 0 Å². The lowest BCUT2D eigenvalue weighted by Gasteiger charge is -2.30. The third-order valence-corrected chi connectivity index (χ3v) is 3.81. The molecule has 2 N–H and O–H groups in total. The molecule has 20 heavy (non-hydrogen) atoms. The maximum absolute atomic E-state index is 12.5. The van der Waals surface area contributed by atoms with Gasteiger partial charge in [0.2, 0.25) is 0 Å². The van der Waals surface area contributed by atoms with Gasteiger partial charge in [0.25, 0.3) is 5.91 Å². The molecule has 1 amide bonds. The van der Waals surface area contributed by atoms with Gasteiger partial charge in [0, 0.05) is 18.5 Å². The van der Waals surface area contributed by atoms with Crippen LogP contribution in [0, 0.1) is 0 Å². The summed E-state index contributed by atoms with van der Waals surface area (Å²) in [5, 5.41) is 21.5. The lowest BCUT2D eigenvalue weighted by atomic mass is 10.0. The van der Waals surface area contributed by atoms with E-state index in [9.17, 15) is 15.0 Å². The summed E-state index contributed by atoms with van der Waals surface area (Å²) >= 11 is 0. The summed E-state index contributed by atoms with van der Waals surface area (Å²) < 4.78 is 0. The zero-order valence-corrected chi connectivity index (χ0v) is 11.1. The van der Waals surface area contributed by atoms with Crippen molar-refractivity contribution < 1.29 is 15.0 Å². The number of hydrogen-bond donors (Lipinski definition) is 2. The van der Waals surface area contributed by atoms with Gasteiger partial charge < -0.3 is 15.1 Å². The van der Waals surface area contributed by atoms with Gasteiger partial charge in [-0.25, -0.2) is 0 Å². The van der Waals surface area contributed by atoms with Crippen molar-refractivity contribution in [1.29, 1.82) is 0 Å². The average molecular weight is 271 g/mol. The Balaban J connectivity index is 1.97. The van der Waals surface area contributed by atoms with Gasteiger partial charge in [0.1, 0.15) is 5.75 Å². The molecule has 0 saturated carbocycles. The number of hydrogen-bond acceptors (Lipinski definition) is 3. The number of phenolic OH excluding ortho intramolecular Hbond substituents is 1. The van der Waals surface area contributed by atoms with E-state index in [1.54, 1.807) is 17.0 Å². The highest BCUT2D eigenvalue weighted by Gasteiger charge is 2.25. The molecule has 1 atom stereocenters. The van der Waals surface area contributed by atoms with Crippen LogP contribution in [0.1, 0.15) is 23.2 Å². The fourth-order valence-corrected chi connectivity index (χ4v) is 2.74. The molecular formula is C16H17NO3. The molecule has 0 aromatic heterocycles. The highest BCUT2D eigenvalue weighted by molar-refractivity contribution is 6.03. The summed E-state index contributed by atoms with van der Waals surface area (Å²) in [5.74, 6) is -0.194. The number of aliphatic hydroxyl groups is 1. The highest BCUT2D eigenvalue weighted by Crippen LogP contribution is 2.30. The Morgan fingerprint density at radius 1 is 1.20 bits per heavy atom.